The normalized spacial score (nSPS) is 9.90. The fourth-order valence-corrected chi connectivity index (χ4v) is 1.58. The van der Waals surface area contributed by atoms with Gasteiger partial charge in [-0.25, -0.2) is 4.39 Å². The molecule has 0 heterocycles. The molecular weight excluding hydrogens is 261 g/mol. The number of nitrogens with one attached hydrogen (secondary N) is 1. The Hall–Kier alpha value is -2.69. The Balaban J connectivity index is 2.05. The van der Waals surface area contributed by atoms with Crippen LogP contribution < -0.4 is 10.1 Å². The Bertz CT molecular complexity index is 621. The molecule has 0 aliphatic rings. The first-order chi connectivity index (χ1) is 9.54. The van der Waals surface area contributed by atoms with Crippen molar-refractivity contribution in [3.63, 3.8) is 0 Å². The van der Waals surface area contributed by atoms with Crippen LogP contribution in [-0.2, 0) is 4.79 Å². The number of amides is 1. The first-order valence-corrected chi connectivity index (χ1v) is 5.90. The van der Waals surface area contributed by atoms with Crippen LogP contribution >= 0.6 is 0 Å². The van der Waals surface area contributed by atoms with Gasteiger partial charge < -0.3 is 10.1 Å². The van der Waals surface area contributed by atoms with Gasteiger partial charge in [-0.3, -0.25) is 9.59 Å². The second-order valence-electron chi connectivity index (χ2n) is 4.08. The number of rotatable bonds is 3. The second kappa shape index (κ2) is 5.97. The standard InChI is InChI=1S/C15H12FNO3/c1-10(18)20-14-8-2-11(3-9-14)15(19)17-13-6-4-12(16)5-7-13/h2-9H,1H3,(H,17,19). The topological polar surface area (TPSA) is 55.4 Å². The molecule has 2 aromatic carbocycles. The summed E-state index contributed by atoms with van der Waals surface area (Å²) in [6.07, 6.45) is 0. The largest absolute Gasteiger partial charge is 0.427 e. The number of hydrogen-bond donors (Lipinski definition) is 1. The van der Waals surface area contributed by atoms with Crippen molar-refractivity contribution in [1.82, 2.24) is 0 Å². The molecule has 0 unspecified atom stereocenters. The van der Waals surface area contributed by atoms with Crippen LogP contribution in [0.3, 0.4) is 0 Å². The molecule has 102 valence electrons. The first-order valence-electron chi connectivity index (χ1n) is 5.90. The number of esters is 1. The summed E-state index contributed by atoms with van der Waals surface area (Å²) in [5, 5.41) is 2.63. The van der Waals surface area contributed by atoms with Gasteiger partial charge in [0.2, 0.25) is 0 Å². The highest BCUT2D eigenvalue weighted by Crippen LogP contribution is 2.14. The molecule has 2 rings (SSSR count). The number of carbonyl (C=O) groups is 2. The van der Waals surface area contributed by atoms with E-state index in [1.165, 1.54) is 55.5 Å². The highest BCUT2D eigenvalue weighted by Gasteiger charge is 2.07. The summed E-state index contributed by atoms with van der Waals surface area (Å²) in [5.41, 5.74) is 0.908. The zero-order chi connectivity index (χ0) is 14.5. The van der Waals surface area contributed by atoms with E-state index in [1.54, 1.807) is 0 Å². The fourth-order valence-electron chi connectivity index (χ4n) is 1.58. The molecule has 0 aromatic heterocycles. The number of carbonyl (C=O) groups excluding carboxylic acids is 2. The van der Waals surface area contributed by atoms with Crippen LogP contribution in [0.4, 0.5) is 10.1 Å². The van der Waals surface area contributed by atoms with E-state index in [4.69, 9.17) is 4.74 Å². The summed E-state index contributed by atoms with van der Waals surface area (Å²) in [4.78, 5) is 22.7. The molecule has 0 atom stereocenters. The predicted molar refractivity (Wildman–Crippen MR) is 72.1 cm³/mol. The number of hydrogen-bond acceptors (Lipinski definition) is 3. The molecule has 0 saturated carbocycles. The van der Waals surface area contributed by atoms with E-state index in [0.717, 1.165) is 0 Å². The highest BCUT2D eigenvalue weighted by molar-refractivity contribution is 6.04. The quantitative estimate of drug-likeness (QED) is 0.691. The summed E-state index contributed by atoms with van der Waals surface area (Å²) in [6, 6.07) is 11.6. The Morgan fingerprint density at radius 1 is 1.00 bits per heavy atom. The molecule has 0 spiro atoms. The summed E-state index contributed by atoms with van der Waals surface area (Å²) in [7, 11) is 0. The van der Waals surface area contributed by atoms with Crippen molar-refractivity contribution < 1.29 is 18.7 Å². The molecule has 0 aliphatic heterocycles. The van der Waals surface area contributed by atoms with Gasteiger partial charge in [-0.1, -0.05) is 0 Å². The van der Waals surface area contributed by atoms with Crippen LogP contribution in [0.1, 0.15) is 17.3 Å². The van der Waals surface area contributed by atoms with Gasteiger partial charge in [-0.05, 0) is 48.5 Å². The smallest absolute Gasteiger partial charge is 0.308 e. The molecule has 1 amide bonds. The third-order valence-corrected chi connectivity index (χ3v) is 2.48. The summed E-state index contributed by atoms with van der Waals surface area (Å²) < 4.78 is 17.6. The van der Waals surface area contributed by atoms with Crippen LogP contribution in [0, 0.1) is 5.82 Å². The van der Waals surface area contributed by atoms with Crippen molar-refractivity contribution in [3.05, 3.63) is 59.9 Å². The molecule has 5 heteroatoms. The van der Waals surface area contributed by atoms with Gasteiger partial charge in [0.05, 0.1) is 0 Å². The number of benzene rings is 2. The molecule has 0 fully saturated rings. The van der Waals surface area contributed by atoms with Crippen LogP contribution in [-0.4, -0.2) is 11.9 Å². The van der Waals surface area contributed by atoms with E-state index >= 15 is 0 Å². The van der Waals surface area contributed by atoms with Crippen molar-refractivity contribution in [2.24, 2.45) is 0 Å². The van der Waals surface area contributed by atoms with E-state index in [1.807, 2.05) is 0 Å². The van der Waals surface area contributed by atoms with Gasteiger partial charge in [-0.15, -0.1) is 0 Å². The lowest BCUT2D eigenvalue weighted by Gasteiger charge is -2.06. The van der Waals surface area contributed by atoms with Gasteiger partial charge in [0.15, 0.2) is 0 Å². The van der Waals surface area contributed by atoms with Gasteiger partial charge in [0.1, 0.15) is 11.6 Å². The van der Waals surface area contributed by atoms with Crippen molar-refractivity contribution in [2.45, 2.75) is 6.92 Å². The van der Waals surface area contributed by atoms with Crippen molar-refractivity contribution >= 4 is 17.6 Å². The fraction of sp³-hybridized carbons (Fsp3) is 0.0667. The molecule has 0 saturated heterocycles. The summed E-state index contributed by atoms with van der Waals surface area (Å²) >= 11 is 0. The molecule has 0 bridgehead atoms. The zero-order valence-electron chi connectivity index (χ0n) is 10.7. The van der Waals surface area contributed by atoms with Crippen LogP contribution in [0.15, 0.2) is 48.5 Å². The predicted octanol–water partition coefficient (Wildman–Crippen LogP) is 3.00. The molecule has 2 aromatic rings. The minimum absolute atomic E-state index is 0.328. The van der Waals surface area contributed by atoms with E-state index in [9.17, 15) is 14.0 Å². The Labute approximate surface area is 115 Å². The molecule has 0 radical (unpaired) electrons. The zero-order valence-corrected chi connectivity index (χ0v) is 10.7. The third kappa shape index (κ3) is 3.65. The van der Waals surface area contributed by atoms with E-state index in [-0.39, 0.29) is 11.7 Å². The SMILES string of the molecule is CC(=O)Oc1ccc(C(=O)Nc2ccc(F)cc2)cc1. The van der Waals surface area contributed by atoms with Gasteiger partial charge in [0, 0.05) is 18.2 Å². The maximum atomic E-state index is 12.7. The van der Waals surface area contributed by atoms with Crippen molar-refractivity contribution in [3.8, 4) is 5.75 Å². The van der Waals surface area contributed by atoms with E-state index in [2.05, 4.69) is 5.32 Å². The Morgan fingerprint density at radius 3 is 2.15 bits per heavy atom. The van der Waals surface area contributed by atoms with Gasteiger partial charge >= 0.3 is 5.97 Å². The minimum atomic E-state index is -0.423. The minimum Gasteiger partial charge on any atom is -0.427 e. The second-order valence-corrected chi connectivity index (χ2v) is 4.08. The highest BCUT2D eigenvalue weighted by atomic mass is 19.1. The van der Waals surface area contributed by atoms with Crippen LogP contribution in [0.25, 0.3) is 0 Å². The number of halogens is 1. The number of ether oxygens (including phenoxy) is 1. The molecular formula is C15H12FNO3. The number of anilines is 1. The summed E-state index contributed by atoms with van der Waals surface area (Å²) in [5.74, 6) is -0.746. The first kappa shape index (κ1) is 13.7. The lowest BCUT2D eigenvalue weighted by atomic mass is 10.2. The van der Waals surface area contributed by atoms with Crippen molar-refractivity contribution in [1.29, 1.82) is 0 Å². The van der Waals surface area contributed by atoms with Crippen LogP contribution in [0.2, 0.25) is 0 Å². The average molecular weight is 273 g/mol. The average Bonchev–Trinajstić information content (AvgIpc) is 2.41. The van der Waals surface area contributed by atoms with Crippen LogP contribution in [0.5, 0.6) is 5.75 Å². The Morgan fingerprint density at radius 2 is 1.60 bits per heavy atom. The molecule has 0 aliphatic carbocycles. The van der Waals surface area contributed by atoms with Gasteiger partial charge in [0.25, 0.3) is 5.91 Å². The Kier molecular flexibility index (Phi) is 4.10. The lowest BCUT2D eigenvalue weighted by molar-refractivity contribution is -0.131. The maximum Gasteiger partial charge on any atom is 0.308 e. The monoisotopic (exact) mass is 273 g/mol. The van der Waals surface area contributed by atoms with E-state index in [0.29, 0.717) is 17.0 Å². The van der Waals surface area contributed by atoms with Crippen molar-refractivity contribution in [2.75, 3.05) is 5.32 Å². The third-order valence-electron chi connectivity index (χ3n) is 2.48. The van der Waals surface area contributed by atoms with E-state index < -0.39 is 5.97 Å². The maximum absolute atomic E-state index is 12.7. The summed E-state index contributed by atoms with van der Waals surface area (Å²) in [6.45, 7) is 1.30. The van der Waals surface area contributed by atoms with Gasteiger partial charge in [-0.2, -0.15) is 0 Å². The molecule has 1 N–H and O–H groups in total. The lowest BCUT2D eigenvalue weighted by Crippen LogP contribution is -2.11. The molecule has 4 nitrogen and oxygen atoms in total. The molecule has 20 heavy (non-hydrogen) atoms.